The Balaban J connectivity index is 3.52. The molecule has 76 valence electrons. The summed E-state index contributed by atoms with van der Waals surface area (Å²) in [5.74, 6) is -0.356. The van der Waals surface area contributed by atoms with E-state index in [-0.39, 0.29) is 22.6 Å². The number of nitriles is 1. The number of nitro benzene ring substituents is 1. The molecule has 0 atom stereocenters. The van der Waals surface area contributed by atoms with Crippen molar-refractivity contribution < 1.29 is 9.72 Å². The summed E-state index contributed by atoms with van der Waals surface area (Å²) in [4.78, 5) is 21.2. The second-order valence-electron chi connectivity index (χ2n) is 2.77. The number of carbonyl (C=O) groups is 1. The van der Waals surface area contributed by atoms with Crippen LogP contribution in [0.4, 0.5) is 5.69 Å². The molecular weight excluding hydrogens is 311 g/mol. The number of hydrogen-bond acceptors (Lipinski definition) is 4. The van der Waals surface area contributed by atoms with E-state index in [2.05, 4.69) is 0 Å². The molecule has 0 saturated carbocycles. The lowest BCUT2D eigenvalue weighted by atomic mass is 10.0. The van der Waals surface area contributed by atoms with E-state index in [9.17, 15) is 14.9 Å². The Kier molecular flexibility index (Phi) is 3.36. The SMILES string of the molecule is CC(=O)c1cc([N+](=O)[O-])c(I)cc1C#N. The highest BCUT2D eigenvalue weighted by molar-refractivity contribution is 14.1. The summed E-state index contributed by atoms with van der Waals surface area (Å²) < 4.78 is 0.346. The van der Waals surface area contributed by atoms with Gasteiger partial charge in [0.1, 0.15) is 0 Å². The van der Waals surface area contributed by atoms with Crippen LogP contribution < -0.4 is 0 Å². The molecule has 0 saturated heterocycles. The number of nitro groups is 1. The minimum atomic E-state index is -0.574. The third kappa shape index (κ3) is 2.30. The zero-order valence-electron chi connectivity index (χ0n) is 7.65. The molecular formula is C9H5IN2O3. The standard InChI is InChI=1S/C9H5IN2O3/c1-5(13)7-3-9(12(14)15)8(10)2-6(7)4-11/h2-3H,1H3. The Labute approximate surface area is 99.0 Å². The van der Waals surface area contributed by atoms with Gasteiger partial charge in [0.2, 0.25) is 0 Å². The van der Waals surface area contributed by atoms with Crippen LogP contribution in [0, 0.1) is 25.0 Å². The zero-order chi connectivity index (χ0) is 11.6. The molecule has 0 fully saturated rings. The molecule has 0 spiro atoms. The molecule has 0 radical (unpaired) electrons. The lowest BCUT2D eigenvalue weighted by Gasteiger charge is -2.01. The lowest BCUT2D eigenvalue weighted by molar-refractivity contribution is -0.385. The Hall–Kier alpha value is -1.49. The minimum Gasteiger partial charge on any atom is -0.294 e. The molecule has 0 aliphatic rings. The number of halogens is 1. The highest BCUT2D eigenvalue weighted by Crippen LogP contribution is 2.25. The number of benzene rings is 1. The van der Waals surface area contributed by atoms with Crippen molar-refractivity contribution in [1.82, 2.24) is 0 Å². The first-order valence-corrected chi connectivity index (χ1v) is 4.94. The first kappa shape index (κ1) is 11.6. The summed E-state index contributed by atoms with van der Waals surface area (Å²) in [6, 6.07) is 4.32. The van der Waals surface area contributed by atoms with E-state index in [1.807, 2.05) is 6.07 Å². The topological polar surface area (TPSA) is 84.0 Å². The molecule has 1 aromatic rings. The van der Waals surface area contributed by atoms with Crippen LogP contribution in [0.2, 0.25) is 0 Å². The van der Waals surface area contributed by atoms with Crippen molar-refractivity contribution in [2.75, 3.05) is 0 Å². The average molecular weight is 316 g/mol. The molecule has 0 amide bonds. The van der Waals surface area contributed by atoms with Crippen molar-refractivity contribution in [3.63, 3.8) is 0 Å². The smallest absolute Gasteiger partial charge is 0.283 e. The van der Waals surface area contributed by atoms with Crippen LogP contribution in [-0.4, -0.2) is 10.7 Å². The number of hydrogen-bond donors (Lipinski definition) is 0. The highest BCUT2D eigenvalue weighted by Gasteiger charge is 2.18. The quantitative estimate of drug-likeness (QED) is 0.363. The van der Waals surface area contributed by atoms with Gasteiger partial charge in [0.25, 0.3) is 5.69 Å². The van der Waals surface area contributed by atoms with E-state index in [0.29, 0.717) is 3.57 Å². The van der Waals surface area contributed by atoms with Crippen LogP contribution in [0.5, 0.6) is 0 Å². The molecule has 0 aliphatic carbocycles. The first-order valence-electron chi connectivity index (χ1n) is 3.86. The summed E-state index contributed by atoms with van der Waals surface area (Å²) in [6.45, 7) is 1.27. The Morgan fingerprint density at radius 1 is 1.60 bits per heavy atom. The largest absolute Gasteiger partial charge is 0.294 e. The fourth-order valence-electron chi connectivity index (χ4n) is 1.09. The normalized spacial score (nSPS) is 9.40. The maximum Gasteiger partial charge on any atom is 0.283 e. The van der Waals surface area contributed by atoms with Gasteiger partial charge in [0.05, 0.1) is 20.1 Å². The fourth-order valence-corrected chi connectivity index (χ4v) is 1.75. The molecule has 0 bridgehead atoms. The molecule has 0 N–H and O–H groups in total. The Morgan fingerprint density at radius 2 is 2.20 bits per heavy atom. The minimum absolute atomic E-state index is 0.0876. The van der Waals surface area contributed by atoms with Crippen LogP contribution in [0.25, 0.3) is 0 Å². The first-order chi connectivity index (χ1) is 6.97. The van der Waals surface area contributed by atoms with Crippen LogP contribution in [-0.2, 0) is 0 Å². The summed E-state index contributed by atoms with van der Waals surface area (Å²) in [5.41, 5.74) is 0.0990. The third-order valence-corrected chi connectivity index (χ3v) is 2.65. The van der Waals surface area contributed by atoms with E-state index in [1.54, 1.807) is 22.6 Å². The molecule has 1 aromatic carbocycles. The van der Waals surface area contributed by atoms with Gasteiger partial charge < -0.3 is 0 Å². The second kappa shape index (κ2) is 4.35. The maximum absolute atomic E-state index is 11.1. The van der Waals surface area contributed by atoms with Crippen molar-refractivity contribution in [3.8, 4) is 6.07 Å². The number of carbonyl (C=O) groups excluding carboxylic acids is 1. The lowest BCUT2D eigenvalue weighted by Crippen LogP contribution is -2.01. The number of ketones is 1. The molecule has 15 heavy (non-hydrogen) atoms. The van der Waals surface area contributed by atoms with Crippen LogP contribution in [0.15, 0.2) is 12.1 Å². The number of Topliss-reactive ketones (excluding diaryl/α,β-unsaturated/α-hetero) is 1. The number of nitrogens with zero attached hydrogens (tertiary/aromatic N) is 2. The van der Waals surface area contributed by atoms with E-state index in [4.69, 9.17) is 5.26 Å². The third-order valence-electron chi connectivity index (χ3n) is 1.78. The van der Waals surface area contributed by atoms with Crippen molar-refractivity contribution in [2.45, 2.75) is 6.92 Å². The van der Waals surface area contributed by atoms with E-state index in [1.165, 1.54) is 13.0 Å². The van der Waals surface area contributed by atoms with Gasteiger partial charge in [-0.25, -0.2) is 0 Å². The van der Waals surface area contributed by atoms with Crippen molar-refractivity contribution in [3.05, 3.63) is 36.9 Å². The molecule has 1 rings (SSSR count). The van der Waals surface area contributed by atoms with Crippen LogP contribution in [0.3, 0.4) is 0 Å². The van der Waals surface area contributed by atoms with Crippen LogP contribution >= 0.6 is 22.6 Å². The van der Waals surface area contributed by atoms with E-state index >= 15 is 0 Å². The summed E-state index contributed by atoms with van der Waals surface area (Å²) >= 11 is 1.76. The fraction of sp³-hybridized carbons (Fsp3) is 0.111. The Morgan fingerprint density at radius 3 is 2.60 bits per heavy atom. The van der Waals surface area contributed by atoms with Crippen LogP contribution in [0.1, 0.15) is 22.8 Å². The zero-order valence-corrected chi connectivity index (χ0v) is 9.81. The van der Waals surface area contributed by atoms with Gasteiger partial charge >= 0.3 is 0 Å². The molecule has 0 aliphatic heterocycles. The predicted molar refractivity (Wildman–Crippen MR) is 60.5 cm³/mol. The highest BCUT2D eigenvalue weighted by atomic mass is 127. The molecule has 5 nitrogen and oxygen atoms in total. The van der Waals surface area contributed by atoms with E-state index < -0.39 is 4.92 Å². The van der Waals surface area contributed by atoms with Crippen molar-refractivity contribution in [1.29, 1.82) is 5.26 Å². The molecule has 0 unspecified atom stereocenters. The molecule has 0 heterocycles. The average Bonchev–Trinajstić information content (AvgIpc) is 2.16. The van der Waals surface area contributed by atoms with Gasteiger partial charge in [0, 0.05) is 11.6 Å². The summed E-state index contributed by atoms with van der Waals surface area (Å²) in [7, 11) is 0. The number of rotatable bonds is 2. The monoisotopic (exact) mass is 316 g/mol. The van der Waals surface area contributed by atoms with Gasteiger partial charge in [-0.05, 0) is 35.6 Å². The molecule has 0 aromatic heterocycles. The Bertz CT molecular complexity index is 491. The van der Waals surface area contributed by atoms with Gasteiger partial charge in [0.15, 0.2) is 5.78 Å². The van der Waals surface area contributed by atoms with Gasteiger partial charge in [-0.3, -0.25) is 14.9 Å². The molecule has 6 heteroatoms. The maximum atomic E-state index is 11.1. The summed E-state index contributed by atoms with van der Waals surface area (Å²) in [5, 5.41) is 19.3. The van der Waals surface area contributed by atoms with Gasteiger partial charge in [-0.2, -0.15) is 5.26 Å². The van der Waals surface area contributed by atoms with Crippen molar-refractivity contribution in [2.24, 2.45) is 0 Å². The summed E-state index contributed by atoms with van der Waals surface area (Å²) in [6.07, 6.45) is 0. The predicted octanol–water partition coefficient (Wildman–Crippen LogP) is 2.27. The van der Waals surface area contributed by atoms with Gasteiger partial charge in [-0.1, -0.05) is 0 Å². The second-order valence-corrected chi connectivity index (χ2v) is 3.94. The van der Waals surface area contributed by atoms with E-state index in [0.717, 1.165) is 6.07 Å². The van der Waals surface area contributed by atoms with Gasteiger partial charge in [-0.15, -0.1) is 0 Å². The van der Waals surface area contributed by atoms with Crippen molar-refractivity contribution >= 4 is 34.1 Å².